The Hall–Kier alpha value is -9.11. The van der Waals surface area contributed by atoms with E-state index in [4.69, 9.17) is 4.98 Å². The summed E-state index contributed by atoms with van der Waals surface area (Å²) in [6.45, 7) is 2.16. The Morgan fingerprint density at radius 3 is 1.13 bits per heavy atom. The minimum atomic E-state index is 0.924. The summed E-state index contributed by atoms with van der Waals surface area (Å²) in [4.78, 5) is 5.23. The zero-order valence-electron chi connectivity index (χ0n) is 38.6. The molecule has 70 heavy (non-hydrogen) atoms. The van der Waals surface area contributed by atoms with Crippen LogP contribution in [-0.4, -0.2) is 9.55 Å². The maximum atomic E-state index is 5.23. The molecule has 0 atom stereocenters. The lowest BCUT2D eigenvalue weighted by atomic mass is 9.84. The molecule has 13 aromatic carbocycles. The summed E-state index contributed by atoms with van der Waals surface area (Å²) in [7, 11) is 0. The molecule has 0 N–H and O–H groups in total. The summed E-state index contributed by atoms with van der Waals surface area (Å²) in [5, 5.41) is 14.9. The molecule has 0 bridgehead atoms. The number of hydrogen-bond acceptors (Lipinski definition) is 1. The summed E-state index contributed by atoms with van der Waals surface area (Å²) in [5.74, 6) is 0.924. The van der Waals surface area contributed by atoms with Gasteiger partial charge in [-0.15, -0.1) is 0 Å². The molecule has 1 heterocycles. The number of para-hydroxylation sites is 3. The smallest absolute Gasteiger partial charge is 0.145 e. The predicted molar refractivity (Wildman–Crippen MR) is 298 cm³/mol. The fourth-order valence-electron chi connectivity index (χ4n) is 11.5. The molecule has 0 spiro atoms. The number of hydrogen-bond donors (Lipinski definition) is 0. The van der Waals surface area contributed by atoms with E-state index in [1.807, 2.05) is 0 Å². The molecule has 2 nitrogen and oxygen atoms in total. The number of fused-ring (bicyclic) bond motifs is 7. The first kappa shape index (κ1) is 40.0. The van der Waals surface area contributed by atoms with Crippen LogP contribution in [0.4, 0.5) is 0 Å². The zero-order chi connectivity index (χ0) is 46.3. The van der Waals surface area contributed by atoms with E-state index < -0.39 is 0 Å². The molecule has 1 aromatic heterocycles. The van der Waals surface area contributed by atoms with Crippen molar-refractivity contribution in [3.63, 3.8) is 0 Å². The molecule has 0 saturated carbocycles. The largest absolute Gasteiger partial charge is 0.292 e. The Labute approximate surface area is 406 Å². The molecule has 0 aliphatic rings. The van der Waals surface area contributed by atoms with Crippen LogP contribution in [0.5, 0.6) is 0 Å². The Bertz CT molecular complexity index is 4310. The van der Waals surface area contributed by atoms with E-state index in [0.29, 0.717) is 0 Å². The first-order valence-corrected chi connectivity index (χ1v) is 24.2. The Morgan fingerprint density at radius 1 is 0.286 bits per heavy atom. The van der Waals surface area contributed by atoms with Crippen molar-refractivity contribution in [3.05, 3.63) is 254 Å². The Morgan fingerprint density at radius 2 is 0.657 bits per heavy atom. The number of aromatic nitrogens is 2. The Kier molecular flexibility index (Phi) is 9.15. The van der Waals surface area contributed by atoms with Crippen molar-refractivity contribution in [3.8, 4) is 61.6 Å². The van der Waals surface area contributed by atoms with E-state index in [2.05, 4.69) is 260 Å². The van der Waals surface area contributed by atoms with Crippen molar-refractivity contribution in [1.82, 2.24) is 9.55 Å². The second-order valence-electron chi connectivity index (χ2n) is 18.7. The topological polar surface area (TPSA) is 17.8 Å². The second kappa shape index (κ2) is 16.0. The third-order valence-corrected chi connectivity index (χ3v) is 14.5. The van der Waals surface area contributed by atoms with Gasteiger partial charge in [-0.25, -0.2) is 4.98 Å². The number of nitrogens with zero attached hydrogens (tertiary/aromatic N) is 2. The molecule has 0 saturated heterocycles. The average molecular weight is 889 g/mol. The van der Waals surface area contributed by atoms with Gasteiger partial charge in [0.1, 0.15) is 5.82 Å². The van der Waals surface area contributed by atoms with Gasteiger partial charge in [-0.05, 0) is 165 Å². The third kappa shape index (κ3) is 6.38. The molecular formula is C68H44N2. The van der Waals surface area contributed by atoms with Gasteiger partial charge in [0.05, 0.1) is 11.0 Å². The number of benzene rings is 13. The van der Waals surface area contributed by atoms with E-state index >= 15 is 0 Å². The van der Waals surface area contributed by atoms with Gasteiger partial charge in [-0.2, -0.15) is 0 Å². The third-order valence-electron chi connectivity index (χ3n) is 14.5. The molecule has 0 unspecified atom stereocenters. The minimum absolute atomic E-state index is 0.924. The van der Waals surface area contributed by atoms with Crippen LogP contribution in [0.15, 0.2) is 249 Å². The maximum absolute atomic E-state index is 5.23. The first-order chi connectivity index (χ1) is 34.6. The summed E-state index contributed by atoms with van der Waals surface area (Å²) in [6, 6.07) is 91.5. The van der Waals surface area contributed by atoms with Gasteiger partial charge >= 0.3 is 0 Å². The van der Waals surface area contributed by atoms with Gasteiger partial charge in [0.15, 0.2) is 0 Å². The van der Waals surface area contributed by atoms with E-state index in [1.54, 1.807) is 0 Å². The van der Waals surface area contributed by atoms with Gasteiger partial charge in [-0.3, -0.25) is 4.57 Å². The van der Waals surface area contributed by atoms with Crippen LogP contribution in [0, 0.1) is 6.92 Å². The van der Waals surface area contributed by atoms with Crippen LogP contribution in [0.3, 0.4) is 0 Å². The van der Waals surface area contributed by atoms with Crippen molar-refractivity contribution in [2.24, 2.45) is 0 Å². The molecule has 14 rings (SSSR count). The van der Waals surface area contributed by atoms with Gasteiger partial charge < -0.3 is 0 Å². The van der Waals surface area contributed by atoms with Crippen LogP contribution in [0.2, 0.25) is 0 Å². The fourth-order valence-corrected chi connectivity index (χ4v) is 11.5. The molecule has 0 radical (unpaired) electrons. The lowest BCUT2D eigenvalue weighted by molar-refractivity contribution is 1.10. The minimum Gasteiger partial charge on any atom is -0.292 e. The highest BCUT2D eigenvalue weighted by Gasteiger charge is 2.21. The molecule has 2 heteroatoms. The van der Waals surface area contributed by atoms with E-state index in [-0.39, 0.29) is 0 Å². The SMILES string of the molecule is Cc1ccc2cc(-c3c4ccccc4c(-c4ccc5cc(-c6c7ccccc7c(-c7cccc(-c8nc9ccccc9n8-c8ccccc8)c7)c7ccccc67)ccc5c4)c4ccccc34)ccc2c1. The number of rotatable bonds is 6. The number of imidazole rings is 1. The van der Waals surface area contributed by atoms with Crippen molar-refractivity contribution < 1.29 is 0 Å². The monoisotopic (exact) mass is 888 g/mol. The predicted octanol–water partition coefficient (Wildman–Crippen LogP) is 18.6. The van der Waals surface area contributed by atoms with Gasteiger partial charge in [0.25, 0.3) is 0 Å². The highest BCUT2D eigenvalue weighted by molar-refractivity contribution is 6.24. The van der Waals surface area contributed by atoms with E-state index in [9.17, 15) is 0 Å². The van der Waals surface area contributed by atoms with Crippen LogP contribution < -0.4 is 0 Å². The zero-order valence-corrected chi connectivity index (χ0v) is 38.6. The van der Waals surface area contributed by atoms with Crippen molar-refractivity contribution in [1.29, 1.82) is 0 Å². The van der Waals surface area contributed by atoms with Crippen molar-refractivity contribution >= 4 is 75.7 Å². The molecule has 0 fully saturated rings. The fraction of sp³-hybridized carbons (Fsp3) is 0.0147. The Balaban J connectivity index is 0.906. The van der Waals surface area contributed by atoms with Gasteiger partial charge in [0, 0.05) is 11.3 Å². The quantitative estimate of drug-likeness (QED) is 0.152. The highest BCUT2D eigenvalue weighted by Crippen LogP contribution is 2.47. The van der Waals surface area contributed by atoms with Crippen molar-refractivity contribution in [2.75, 3.05) is 0 Å². The lowest BCUT2D eigenvalue weighted by Gasteiger charge is -2.19. The average Bonchev–Trinajstić information content (AvgIpc) is 3.81. The first-order valence-electron chi connectivity index (χ1n) is 24.2. The molecule has 0 amide bonds. The number of aryl methyl sites for hydroxylation is 1. The molecule has 0 aliphatic heterocycles. The summed E-state index contributed by atoms with van der Waals surface area (Å²) in [5.41, 5.74) is 15.4. The van der Waals surface area contributed by atoms with E-state index in [0.717, 1.165) is 33.7 Å². The normalized spacial score (nSPS) is 11.8. The lowest BCUT2D eigenvalue weighted by Crippen LogP contribution is -1.97. The molecule has 14 aromatic rings. The van der Waals surface area contributed by atoms with Gasteiger partial charge in [-0.1, -0.05) is 206 Å². The standard InChI is InChI=1S/C68H44N2/c1-43-30-31-45-39-49(35-32-44(45)38-43)65-58-24-9-11-26-60(58)67(61-27-12-10-25-59(61)65)51-37-34-46-40-50(36-33-47(46)41-51)66-56-22-7-5-20-54(56)64(55-21-6-8-23-57(55)66)48-16-15-17-52(42-48)68-69-62-28-13-14-29-63(62)70(68)53-18-3-2-4-19-53/h2-42H,1H3. The second-order valence-corrected chi connectivity index (χ2v) is 18.7. The van der Waals surface area contributed by atoms with Crippen LogP contribution in [0.25, 0.3) is 137 Å². The summed E-state index contributed by atoms with van der Waals surface area (Å²) in [6.07, 6.45) is 0. The van der Waals surface area contributed by atoms with Crippen molar-refractivity contribution in [2.45, 2.75) is 6.92 Å². The summed E-state index contributed by atoms with van der Waals surface area (Å²) < 4.78 is 2.28. The summed E-state index contributed by atoms with van der Waals surface area (Å²) >= 11 is 0. The molecule has 326 valence electrons. The molecular weight excluding hydrogens is 845 g/mol. The maximum Gasteiger partial charge on any atom is 0.145 e. The van der Waals surface area contributed by atoms with Crippen LogP contribution >= 0.6 is 0 Å². The highest BCUT2D eigenvalue weighted by atomic mass is 15.1. The van der Waals surface area contributed by atoms with Crippen LogP contribution in [0.1, 0.15) is 5.56 Å². The molecule has 0 aliphatic carbocycles. The van der Waals surface area contributed by atoms with Gasteiger partial charge in [0.2, 0.25) is 0 Å². The van der Waals surface area contributed by atoms with Crippen LogP contribution in [-0.2, 0) is 0 Å². The van der Waals surface area contributed by atoms with E-state index in [1.165, 1.54) is 109 Å².